The minimum Gasteiger partial charge on any atom is -0.0622 e. The second kappa shape index (κ2) is 9.13. The molecule has 0 N–H and O–H groups in total. The Morgan fingerprint density at radius 2 is 0.677 bits per heavy atom. The molecule has 148 valence electrons. The third-order valence-corrected chi connectivity index (χ3v) is 8.03. The quantitative estimate of drug-likeness (QED) is 0.278. The highest BCUT2D eigenvalue weighted by atomic mass is 31.1. The Balaban J connectivity index is 1.77. The van der Waals surface area contributed by atoms with E-state index in [4.69, 9.17) is 0 Å². The van der Waals surface area contributed by atoms with Gasteiger partial charge in [-0.1, -0.05) is 140 Å². The summed E-state index contributed by atoms with van der Waals surface area (Å²) in [6, 6.07) is 50.2. The van der Waals surface area contributed by atoms with Gasteiger partial charge in [0.05, 0.1) is 0 Å². The first-order chi connectivity index (χ1) is 15.4. The largest absolute Gasteiger partial charge is 0.0622 e. The Morgan fingerprint density at radius 1 is 0.323 bits per heavy atom. The van der Waals surface area contributed by atoms with Gasteiger partial charge in [-0.05, 0) is 46.1 Å². The molecular formula is C30H23P. The number of hydrogen-bond acceptors (Lipinski definition) is 0. The first-order valence-electron chi connectivity index (χ1n) is 10.6. The van der Waals surface area contributed by atoms with Crippen molar-refractivity contribution in [3.63, 3.8) is 0 Å². The number of hydrogen-bond donors (Lipinski definition) is 0. The lowest BCUT2D eigenvalue weighted by molar-refractivity contribution is 1.64. The van der Waals surface area contributed by atoms with Crippen LogP contribution in [0.1, 0.15) is 0 Å². The van der Waals surface area contributed by atoms with Gasteiger partial charge in [-0.3, -0.25) is 0 Å². The molecule has 0 radical (unpaired) electrons. The monoisotopic (exact) mass is 414 g/mol. The minimum atomic E-state index is -0.735. The summed E-state index contributed by atoms with van der Waals surface area (Å²) in [4.78, 5) is 0. The van der Waals surface area contributed by atoms with E-state index >= 15 is 0 Å². The summed E-state index contributed by atoms with van der Waals surface area (Å²) < 4.78 is 0. The highest BCUT2D eigenvalue weighted by Crippen LogP contribution is 2.40. The normalized spacial score (nSPS) is 10.9. The first-order valence-corrected chi connectivity index (χ1v) is 11.9. The standard InChI is InChI=1S/C30H23P/c1-4-14-24(15-5-1)27-20-10-12-22-29(27)31(26-18-8-3-9-19-26)30-23-13-11-21-28(30)25-16-6-2-7-17-25/h1-23H. The highest BCUT2D eigenvalue weighted by molar-refractivity contribution is 7.80. The average Bonchev–Trinajstić information content (AvgIpc) is 2.87. The van der Waals surface area contributed by atoms with Crippen LogP contribution in [0, 0.1) is 0 Å². The van der Waals surface area contributed by atoms with E-state index in [1.54, 1.807) is 0 Å². The third kappa shape index (κ3) is 4.08. The summed E-state index contributed by atoms with van der Waals surface area (Å²) in [7, 11) is -0.735. The van der Waals surface area contributed by atoms with Crippen molar-refractivity contribution < 1.29 is 0 Å². The second-order valence-corrected chi connectivity index (χ2v) is 9.59. The molecule has 0 atom stereocenters. The summed E-state index contributed by atoms with van der Waals surface area (Å²) in [6.45, 7) is 0. The van der Waals surface area contributed by atoms with Crippen molar-refractivity contribution in [3.8, 4) is 22.3 Å². The van der Waals surface area contributed by atoms with Crippen molar-refractivity contribution in [2.45, 2.75) is 0 Å². The summed E-state index contributed by atoms with van der Waals surface area (Å²) >= 11 is 0. The molecule has 5 rings (SSSR count). The highest BCUT2D eigenvalue weighted by Gasteiger charge is 2.22. The summed E-state index contributed by atoms with van der Waals surface area (Å²) in [5.41, 5.74) is 5.14. The lowest BCUT2D eigenvalue weighted by Crippen LogP contribution is -2.23. The zero-order chi connectivity index (χ0) is 20.9. The van der Waals surface area contributed by atoms with E-state index in [0.717, 1.165) is 0 Å². The SMILES string of the molecule is c1ccc(-c2ccccc2P(c2ccccc2)c2ccccc2-c2ccccc2)cc1. The fraction of sp³-hybridized carbons (Fsp3) is 0. The van der Waals surface area contributed by atoms with Gasteiger partial charge in [0, 0.05) is 0 Å². The lowest BCUT2D eigenvalue weighted by Gasteiger charge is -2.25. The smallest absolute Gasteiger partial charge is 0.00724 e. The topological polar surface area (TPSA) is 0 Å². The summed E-state index contributed by atoms with van der Waals surface area (Å²) in [5.74, 6) is 0. The molecule has 31 heavy (non-hydrogen) atoms. The Labute approximate surface area is 185 Å². The average molecular weight is 414 g/mol. The molecule has 5 aromatic rings. The van der Waals surface area contributed by atoms with Gasteiger partial charge in [-0.2, -0.15) is 0 Å². The van der Waals surface area contributed by atoms with Crippen LogP contribution in [0.5, 0.6) is 0 Å². The molecule has 0 saturated heterocycles. The molecule has 0 spiro atoms. The van der Waals surface area contributed by atoms with Crippen LogP contribution < -0.4 is 15.9 Å². The molecule has 0 amide bonds. The Hall–Kier alpha value is -3.47. The molecule has 0 aliphatic rings. The maximum Gasteiger partial charge on any atom is -0.00724 e. The molecule has 0 saturated carbocycles. The zero-order valence-electron chi connectivity index (χ0n) is 17.2. The Morgan fingerprint density at radius 3 is 1.13 bits per heavy atom. The van der Waals surface area contributed by atoms with Gasteiger partial charge >= 0.3 is 0 Å². The molecule has 0 fully saturated rings. The fourth-order valence-electron chi connectivity index (χ4n) is 4.05. The molecular weight excluding hydrogens is 391 g/mol. The maximum atomic E-state index is 2.31. The van der Waals surface area contributed by atoms with E-state index in [0.29, 0.717) is 0 Å². The van der Waals surface area contributed by atoms with Gasteiger partial charge in [0.25, 0.3) is 0 Å². The molecule has 1 heteroatoms. The second-order valence-electron chi connectivity index (χ2n) is 7.44. The molecule has 0 aromatic heterocycles. The van der Waals surface area contributed by atoms with Crippen molar-refractivity contribution in [2.75, 3.05) is 0 Å². The molecule has 0 nitrogen and oxygen atoms in total. The van der Waals surface area contributed by atoms with Crippen LogP contribution in [0.25, 0.3) is 22.3 Å². The van der Waals surface area contributed by atoms with Crippen molar-refractivity contribution in [1.82, 2.24) is 0 Å². The van der Waals surface area contributed by atoms with Gasteiger partial charge in [-0.15, -0.1) is 0 Å². The van der Waals surface area contributed by atoms with Crippen LogP contribution in [-0.4, -0.2) is 0 Å². The van der Waals surface area contributed by atoms with Gasteiger partial charge in [0.2, 0.25) is 0 Å². The van der Waals surface area contributed by atoms with E-state index < -0.39 is 7.92 Å². The molecule has 0 heterocycles. The van der Waals surface area contributed by atoms with Crippen LogP contribution in [0.4, 0.5) is 0 Å². The van der Waals surface area contributed by atoms with Crippen LogP contribution in [-0.2, 0) is 0 Å². The van der Waals surface area contributed by atoms with Crippen LogP contribution in [0.2, 0.25) is 0 Å². The van der Waals surface area contributed by atoms with E-state index in [-0.39, 0.29) is 0 Å². The van der Waals surface area contributed by atoms with Crippen molar-refractivity contribution in [1.29, 1.82) is 0 Å². The molecule has 0 aliphatic carbocycles. The van der Waals surface area contributed by atoms with E-state index in [2.05, 4.69) is 140 Å². The summed E-state index contributed by atoms with van der Waals surface area (Å²) in [6.07, 6.45) is 0. The Kier molecular flexibility index (Phi) is 5.74. The molecule has 0 unspecified atom stereocenters. The maximum absolute atomic E-state index is 2.31. The van der Waals surface area contributed by atoms with E-state index in [1.807, 2.05) is 0 Å². The van der Waals surface area contributed by atoms with Crippen molar-refractivity contribution >= 4 is 23.8 Å². The minimum absolute atomic E-state index is 0.735. The van der Waals surface area contributed by atoms with Gasteiger partial charge < -0.3 is 0 Å². The summed E-state index contributed by atoms with van der Waals surface area (Å²) in [5, 5.41) is 4.14. The van der Waals surface area contributed by atoms with Crippen LogP contribution in [0.3, 0.4) is 0 Å². The predicted octanol–water partition coefficient (Wildman–Crippen LogP) is 6.78. The van der Waals surface area contributed by atoms with Gasteiger partial charge in [-0.25, -0.2) is 0 Å². The Bertz CT molecular complexity index is 1180. The van der Waals surface area contributed by atoms with Crippen LogP contribution >= 0.6 is 7.92 Å². The number of rotatable bonds is 5. The zero-order valence-corrected chi connectivity index (χ0v) is 18.1. The van der Waals surface area contributed by atoms with Gasteiger partial charge in [0.1, 0.15) is 0 Å². The number of benzene rings is 5. The first kappa shape index (κ1) is 19.5. The fourth-order valence-corrected chi connectivity index (χ4v) is 6.69. The molecule has 5 aromatic carbocycles. The van der Waals surface area contributed by atoms with Gasteiger partial charge in [0.15, 0.2) is 0 Å². The lowest BCUT2D eigenvalue weighted by atomic mass is 10.1. The third-order valence-electron chi connectivity index (χ3n) is 5.47. The van der Waals surface area contributed by atoms with E-state index in [1.165, 1.54) is 38.2 Å². The van der Waals surface area contributed by atoms with E-state index in [9.17, 15) is 0 Å². The predicted molar refractivity (Wildman–Crippen MR) is 136 cm³/mol. The van der Waals surface area contributed by atoms with Crippen LogP contribution in [0.15, 0.2) is 140 Å². The molecule has 0 aliphatic heterocycles. The molecule has 0 bridgehead atoms. The van der Waals surface area contributed by atoms with Crippen molar-refractivity contribution in [3.05, 3.63) is 140 Å². The van der Waals surface area contributed by atoms with Crippen molar-refractivity contribution in [2.24, 2.45) is 0 Å².